The molecule has 0 bridgehead atoms. The van der Waals surface area contributed by atoms with Crippen molar-refractivity contribution in [2.75, 3.05) is 13.1 Å². The van der Waals surface area contributed by atoms with E-state index in [0.29, 0.717) is 13.1 Å². The van der Waals surface area contributed by atoms with E-state index in [9.17, 15) is 4.79 Å². The molecule has 62 valence electrons. The van der Waals surface area contributed by atoms with E-state index in [-0.39, 0.29) is 5.91 Å². The molecule has 0 fully saturated rings. The highest BCUT2D eigenvalue weighted by Gasteiger charge is 2.26. The van der Waals surface area contributed by atoms with Crippen molar-refractivity contribution in [1.82, 2.24) is 5.32 Å². The molecule has 4 heteroatoms. The standard InChI is InChI=1S/C7H13N3O/c1-7(2,5-9)6(11)10-4-3-8/h3-4,8H2,1-2H3,(H,10,11). The second kappa shape index (κ2) is 3.94. The zero-order valence-electron chi connectivity index (χ0n) is 6.85. The summed E-state index contributed by atoms with van der Waals surface area (Å²) < 4.78 is 0. The summed E-state index contributed by atoms with van der Waals surface area (Å²) in [6.45, 7) is 3.95. The van der Waals surface area contributed by atoms with E-state index in [1.54, 1.807) is 13.8 Å². The predicted molar refractivity (Wildman–Crippen MR) is 41.5 cm³/mol. The summed E-state index contributed by atoms with van der Waals surface area (Å²) in [5.41, 5.74) is 4.21. The number of hydrogen-bond donors (Lipinski definition) is 2. The maximum absolute atomic E-state index is 11.1. The van der Waals surface area contributed by atoms with Gasteiger partial charge in [-0.2, -0.15) is 5.26 Å². The first-order valence-electron chi connectivity index (χ1n) is 3.44. The van der Waals surface area contributed by atoms with Crippen LogP contribution in [0.1, 0.15) is 13.8 Å². The zero-order valence-corrected chi connectivity index (χ0v) is 6.85. The third kappa shape index (κ3) is 3.01. The van der Waals surface area contributed by atoms with Crippen LogP contribution in [0, 0.1) is 16.7 Å². The molecule has 1 amide bonds. The van der Waals surface area contributed by atoms with Crippen LogP contribution in [0.25, 0.3) is 0 Å². The minimum atomic E-state index is -0.949. The molecule has 0 aromatic carbocycles. The molecule has 0 aliphatic rings. The molecule has 0 saturated heterocycles. The number of nitrogens with zero attached hydrogens (tertiary/aromatic N) is 1. The number of carbonyl (C=O) groups is 1. The van der Waals surface area contributed by atoms with Crippen molar-refractivity contribution in [3.8, 4) is 6.07 Å². The predicted octanol–water partition coefficient (Wildman–Crippen LogP) is -0.389. The van der Waals surface area contributed by atoms with E-state index in [0.717, 1.165) is 0 Å². The van der Waals surface area contributed by atoms with Gasteiger partial charge in [0.2, 0.25) is 5.91 Å². The number of nitriles is 1. The van der Waals surface area contributed by atoms with Crippen LogP contribution < -0.4 is 11.1 Å². The highest BCUT2D eigenvalue weighted by atomic mass is 16.2. The van der Waals surface area contributed by atoms with Gasteiger partial charge in [0.25, 0.3) is 0 Å². The smallest absolute Gasteiger partial charge is 0.239 e. The number of rotatable bonds is 3. The van der Waals surface area contributed by atoms with E-state index in [1.165, 1.54) is 0 Å². The van der Waals surface area contributed by atoms with Gasteiger partial charge in [-0.1, -0.05) is 0 Å². The highest BCUT2D eigenvalue weighted by Crippen LogP contribution is 2.11. The first kappa shape index (κ1) is 9.92. The Labute approximate surface area is 66.4 Å². The first-order valence-corrected chi connectivity index (χ1v) is 3.44. The molecule has 0 atom stereocenters. The normalized spacial score (nSPS) is 10.4. The lowest BCUT2D eigenvalue weighted by molar-refractivity contribution is -0.126. The quantitative estimate of drug-likeness (QED) is 0.582. The number of carbonyl (C=O) groups excluding carboxylic acids is 1. The molecule has 0 spiro atoms. The molecule has 0 radical (unpaired) electrons. The molecule has 0 unspecified atom stereocenters. The largest absolute Gasteiger partial charge is 0.353 e. The Morgan fingerprint density at radius 1 is 1.73 bits per heavy atom. The van der Waals surface area contributed by atoms with Crippen LogP contribution in [0.5, 0.6) is 0 Å². The summed E-state index contributed by atoms with van der Waals surface area (Å²) in [5, 5.41) is 11.1. The molecule has 0 saturated carbocycles. The summed E-state index contributed by atoms with van der Waals surface area (Å²) in [5.74, 6) is -0.273. The summed E-state index contributed by atoms with van der Waals surface area (Å²) in [4.78, 5) is 11.1. The molecule has 0 aromatic heterocycles. The molecule has 0 aliphatic heterocycles. The van der Waals surface area contributed by atoms with Gasteiger partial charge >= 0.3 is 0 Å². The summed E-state index contributed by atoms with van der Waals surface area (Å²) in [6, 6.07) is 1.90. The number of nitrogens with one attached hydrogen (secondary N) is 1. The lowest BCUT2D eigenvalue weighted by Crippen LogP contribution is -2.38. The van der Waals surface area contributed by atoms with Crippen molar-refractivity contribution in [3.63, 3.8) is 0 Å². The maximum Gasteiger partial charge on any atom is 0.239 e. The van der Waals surface area contributed by atoms with Crippen LogP contribution in [0.2, 0.25) is 0 Å². The van der Waals surface area contributed by atoms with Crippen molar-refractivity contribution in [3.05, 3.63) is 0 Å². The fourth-order valence-electron chi connectivity index (χ4n) is 0.457. The van der Waals surface area contributed by atoms with E-state index in [4.69, 9.17) is 11.0 Å². The highest BCUT2D eigenvalue weighted by molar-refractivity contribution is 5.84. The topological polar surface area (TPSA) is 78.9 Å². The third-order valence-corrected chi connectivity index (χ3v) is 1.28. The second-order valence-electron chi connectivity index (χ2n) is 2.78. The zero-order chi connectivity index (χ0) is 8.91. The Hall–Kier alpha value is -1.08. The maximum atomic E-state index is 11.1. The molecule has 0 aliphatic carbocycles. The van der Waals surface area contributed by atoms with E-state index >= 15 is 0 Å². The van der Waals surface area contributed by atoms with Crippen molar-refractivity contribution in [2.45, 2.75) is 13.8 Å². The van der Waals surface area contributed by atoms with Gasteiger partial charge in [-0.05, 0) is 13.8 Å². The number of hydrogen-bond acceptors (Lipinski definition) is 3. The summed E-state index contributed by atoms with van der Waals surface area (Å²) >= 11 is 0. The average molecular weight is 155 g/mol. The molecule has 0 heterocycles. The molecule has 0 rings (SSSR count). The molecule has 0 aromatic rings. The van der Waals surface area contributed by atoms with Crippen LogP contribution >= 0.6 is 0 Å². The van der Waals surface area contributed by atoms with Crippen molar-refractivity contribution < 1.29 is 4.79 Å². The van der Waals surface area contributed by atoms with Gasteiger partial charge in [-0.15, -0.1) is 0 Å². The number of nitrogens with two attached hydrogens (primary N) is 1. The molecule has 3 N–H and O–H groups in total. The second-order valence-corrected chi connectivity index (χ2v) is 2.78. The van der Waals surface area contributed by atoms with E-state index in [1.807, 2.05) is 6.07 Å². The molecular formula is C7H13N3O. The Kier molecular flexibility index (Phi) is 3.55. The molecular weight excluding hydrogens is 142 g/mol. The van der Waals surface area contributed by atoms with Crippen molar-refractivity contribution in [1.29, 1.82) is 5.26 Å². The van der Waals surface area contributed by atoms with Gasteiger partial charge in [0.15, 0.2) is 0 Å². The van der Waals surface area contributed by atoms with Gasteiger partial charge in [0, 0.05) is 13.1 Å². The minimum absolute atomic E-state index is 0.273. The monoisotopic (exact) mass is 155 g/mol. The summed E-state index contributed by atoms with van der Waals surface area (Å²) in [6.07, 6.45) is 0. The summed E-state index contributed by atoms with van der Waals surface area (Å²) in [7, 11) is 0. The molecule has 11 heavy (non-hydrogen) atoms. The van der Waals surface area contributed by atoms with Crippen molar-refractivity contribution >= 4 is 5.91 Å². The van der Waals surface area contributed by atoms with Crippen LogP contribution in [0.3, 0.4) is 0 Å². The molecule has 4 nitrogen and oxygen atoms in total. The van der Waals surface area contributed by atoms with Crippen LogP contribution in [-0.4, -0.2) is 19.0 Å². The number of amides is 1. The van der Waals surface area contributed by atoms with Gasteiger partial charge in [0.1, 0.15) is 5.41 Å². The minimum Gasteiger partial charge on any atom is -0.353 e. The Morgan fingerprint density at radius 3 is 2.64 bits per heavy atom. The van der Waals surface area contributed by atoms with Gasteiger partial charge in [-0.3, -0.25) is 4.79 Å². The average Bonchev–Trinajstić information content (AvgIpc) is 2.00. The van der Waals surface area contributed by atoms with Crippen LogP contribution in [-0.2, 0) is 4.79 Å². The van der Waals surface area contributed by atoms with Crippen LogP contribution in [0.4, 0.5) is 0 Å². The lowest BCUT2D eigenvalue weighted by atomic mass is 9.95. The Balaban J connectivity index is 3.95. The fourth-order valence-corrected chi connectivity index (χ4v) is 0.457. The Morgan fingerprint density at radius 2 is 2.27 bits per heavy atom. The van der Waals surface area contributed by atoms with E-state index < -0.39 is 5.41 Å². The SMILES string of the molecule is CC(C)(C#N)C(=O)NCCN. The van der Waals surface area contributed by atoms with Gasteiger partial charge < -0.3 is 11.1 Å². The van der Waals surface area contributed by atoms with Crippen molar-refractivity contribution in [2.24, 2.45) is 11.1 Å². The lowest BCUT2D eigenvalue weighted by Gasteiger charge is -2.13. The van der Waals surface area contributed by atoms with E-state index in [2.05, 4.69) is 5.32 Å². The van der Waals surface area contributed by atoms with Gasteiger partial charge in [-0.25, -0.2) is 0 Å². The Bertz CT molecular complexity index is 181. The third-order valence-electron chi connectivity index (χ3n) is 1.28. The van der Waals surface area contributed by atoms with Crippen LogP contribution in [0.15, 0.2) is 0 Å². The fraction of sp³-hybridized carbons (Fsp3) is 0.714. The van der Waals surface area contributed by atoms with Gasteiger partial charge in [0.05, 0.1) is 6.07 Å². The first-order chi connectivity index (χ1) is 5.04.